The van der Waals surface area contributed by atoms with Crippen LogP contribution in [0.15, 0.2) is 42.5 Å². The molecule has 0 unspecified atom stereocenters. The van der Waals surface area contributed by atoms with Crippen molar-refractivity contribution in [1.29, 1.82) is 0 Å². The van der Waals surface area contributed by atoms with E-state index in [4.69, 9.17) is 9.97 Å². The predicted octanol–water partition coefficient (Wildman–Crippen LogP) is 6.70. The second kappa shape index (κ2) is 7.13. The second-order valence-electron chi connectivity index (χ2n) is 8.46. The summed E-state index contributed by atoms with van der Waals surface area (Å²) >= 11 is 0. The molecule has 0 amide bonds. The SMILES string of the molecule is C1=Cc2cc3cc(C4CCCCC4)c(cc4nc(cc5ccc(cc1n2)[nH]5)C=C4)[nH]3. The zero-order valence-electron chi connectivity index (χ0n) is 16.9. The summed E-state index contributed by atoms with van der Waals surface area (Å²) in [7, 11) is 0. The summed E-state index contributed by atoms with van der Waals surface area (Å²) in [4.78, 5) is 16.7. The van der Waals surface area contributed by atoms with E-state index in [1.54, 1.807) is 0 Å². The van der Waals surface area contributed by atoms with E-state index in [1.807, 2.05) is 0 Å². The third kappa shape index (κ3) is 3.39. The molecule has 0 atom stereocenters. The number of nitrogens with zero attached hydrogens (tertiary/aromatic N) is 2. The number of aromatic nitrogens is 4. The molecule has 4 heteroatoms. The highest BCUT2D eigenvalue weighted by Crippen LogP contribution is 2.35. The van der Waals surface area contributed by atoms with E-state index in [-0.39, 0.29) is 0 Å². The molecule has 4 nitrogen and oxygen atoms in total. The van der Waals surface area contributed by atoms with Crippen LogP contribution in [0.5, 0.6) is 0 Å². The summed E-state index contributed by atoms with van der Waals surface area (Å²) in [6, 6.07) is 15.0. The smallest absolute Gasteiger partial charge is 0.0658 e. The Hall–Kier alpha value is -3.40. The number of fused-ring (bicyclic) bond motifs is 8. The Labute approximate surface area is 175 Å². The maximum atomic E-state index is 4.82. The average molecular weight is 393 g/mol. The Balaban J connectivity index is 1.62. The molecule has 1 aliphatic carbocycles. The highest BCUT2D eigenvalue weighted by molar-refractivity contribution is 5.78. The molecule has 148 valence electrons. The van der Waals surface area contributed by atoms with Crippen LogP contribution >= 0.6 is 0 Å². The van der Waals surface area contributed by atoms with Gasteiger partial charge in [0.2, 0.25) is 0 Å². The molecule has 5 heterocycles. The normalized spacial score (nSPS) is 16.3. The van der Waals surface area contributed by atoms with E-state index < -0.39 is 0 Å². The Bertz CT molecular complexity index is 1330. The average Bonchev–Trinajstić information content (AvgIpc) is 3.53. The molecule has 0 saturated heterocycles. The van der Waals surface area contributed by atoms with Gasteiger partial charge >= 0.3 is 0 Å². The minimum absolute atomic E-state index is 0.625. The van der Waals surface area contributed by atoms with Gasteiger partial charge in [-0.3, -0.25) is 0 Å². The summed E-state index contributed by atoms with van der Waals surface area (Å²) < 4.78 is 0. The van der Waals surface area contributed by atoms with Crippen molar-refractivity contribution in [2.24, 2.45) is 0 Å². The van der Waals surface area contributed by atoms with Gasteiger partial charge in [0.1, 0.15) is 0 Å². The van der Waals surface area contributed by atoms with E-state index >= 15 is 0 Å². The first-order chi connectivity index (χ1) is 14.8. The van der Waals surface area contributed by atoms with Crippen LogP contribution in [0.2, 0.25) is 0 Å². The van der Waals surface area contributed by atoms with E-state index in [0.717, 1.165) is 39.3 Å². The van der Waals surface area contributed by atoms with Gasteiger partial charge in [-0.15, -0.1) is 0 Å². The van der Waals surface area contributed by atoms with Crippen LogP contribution in [0.1, 0.15) is 66.4 Å². The Kier molecular flexibility index (Phi) is 4.15. The minimum Gasteiger partial charge on any atom is -0.355 e. The highest BCUT2D eigenvalue weighted by Gasteiger charge is 2.18. The van der Waals surface area contributed by atoms with Crippen molar-refractivity contribution in [3.05, 3.63) is 70.8 Å². The molecule has 3 aliphatic rings. The molecule has 30 heavy (non-hydrogen) atoms. The van der Waals surface area contributed by atoms with Gasteiger partial charge in [-0.25, -0.2) is 9.97 Å². The number of hydrogen-bond acceptors (Lipinski definition) is 2. The molecule has 6 rings (SSSR count). The first-order valence-corrected chi connectivity index (χ1v) is 10.9. The van der Waals surface area contributed by atoms with Gasteiger partial charge in [0.15, 0.2) is 0 Å². The number of nitrogens with one attached hydrogen (secondary N) is 2. The molecule has 3 aromatic heterocycles. The topological polar surface area (TPSA) is 57.4 Å². The van der Waals surface area contributed by atoms with Crippen molar-refractivity contribution in [2.45, 2.75) is 38.0 Å². The van der Waals surface area contributed by atoms with Gasteiger partial charge < -0.3 is 9.97 Å². The van der Waals surface area contributed by atoms with Crippen LogP contribution in [-0.2, 0) is 0 Å². The van der Waals surface area contributed by atoms with Gasteiger partial charge in [0.05, 0.1) is 22.8 Å². The van der Waals surface area contributed by atoms with Crippen LogP contribution in [0.3, 0.4) is 0 Å². The lowest BCUT2D eigenvalue weighted by molar-refractivity contribution is 0.446. The quantitative estimate of drug-likeness (QED) is 0.333. The minimum atomic E-state index is 0.625. The maximum Gasteiger partial charge on any atom is 0.0658 e. The fourth-order valence-electron chi connectivity index (χ4n) is 4.79. The summed E-state index contributed by atoms with van der Waals surface area (Å²) in [6.07, 6.45) is 14.9. The number of rotatable bonds is 1. The lowest BCUT2D eigenvalue weighted by Crippen LogP contribution is -2.03. The summed E-state index contributed by atoms with van der Waals surface area (Å²) in [6.45, 7) is 0. The van der Waals surface area contributed by atoms with E-state index in [2.05, 4.69) is 76.7 Å². The van der Waals surface area contributed by atoms with Crippen molar-refractivity contribution < 1.29 is 0 Å². The predicted molar refractivity (Wildman–Crippen MR) is 125 cm³/mol. The van der Waals surface area contributed by atoms with Crippen molar-refractivity contribution >= 4 is 46.4 Å². The van der Waals surface area contributed by atoms with E-state index in [0.29, 0.717) is 5.92 Å². The summed E-state index contributed by atoms with van der Waals surface area (Å²) in [5.41, 5.74) is 9.69. The summed E-state index contributed by atoms with van der Waals surface area (Å²) in [5.74, 6) is 0.625. The highest BCUT2D eigenvalue weighted by atomic mass is 14.8. The number of hydrogen-bond donors (Lipinski definition) is 2. The molecule has 0 spiro atoms. The van der Waals surface area contributed by atoms with Gasteiger partial charge in [-0.2, -0.15) is 0 Å². The molecule has 2 aliphatic heterocycles. The van der Waals surface area contributed by atoms with Crippen LogP contribution in [-0.4, -0.2) is 19.9 Å². The van der Waals surface area contributed by atoms with Gasteiger partial charge in [-0.05, 0) is 91.1 Å². The van der Waals surface area contributed by atoms with E-state index in [9.17, 15) is 0 Å². The first-order valence-electron chi connectivity index (χ1n) is 10.9. The zero-order chi connectivity index (χ0) is 19.9. The standard InChI is InChI=1S/C26H24N4/c1-2-4-17(5-3-1)25-15-24-14-22-9-8-20(28-22)12-18-6-7-19(27-18)13-21-10-11-23(29-21)16-26(25)30-24/h6-17,27,30H,1-5H2. The Morgan fingerprint density at radius 1 is 0.600 bits per heavy atom. The monoisotopic (exact) mass is 392 g/mol. The molecule has 3 aromatic rings. The number of aromatic amines is 2. The molecule has 1 fully saturated rings. The van der Waals surface area contributed by atoms with Crippen molar-refractivity contribution in [2.75, 3.05) is 0 Å². The Morgan fingerprint density at radius 2 is 1.17 bits per heavy atom. The largest absolute Gasteiger partial charge is 0.355 e. The van der Waals surface area contributed by atoms with Gasteiger partial charge in [0, 0.05) is 22.1 Å². The molecule has 0 radical (unpaired) electrons. The second-order valence-corrected chi connectivity index (χ2v) is 8.46. The lowest BCUT2D eigenvalue weighted by atomic mass is 9.84. The zero-order valence-corrected chi connectivity index (χ0v) is 16.9. The van der Waals surface area contributed by atoms with Crippen molar-refractivity contribution in [3.63, 3.8) is 0 Å². The first kappa shape index (κ1) is 17.5. The number of H-pyrrole nitrogens is 2. The van der Waals surface area contributed by atoms with Gasteiger partial charge in [0.25, 0.3) is 0 Å². The third-order valence-corrected chi connectivity index (χ3v) is 6.25. The van der Waals surface area contributed by atoms with Gasteiger partial charge in [-0.1, -0.05) is 19.3 Å². The maximum absolute atomic E-state index is 4.82. The Morgan fingerprint density at radius 3 is 1.80 bits per heavy atom. The molecular weight excluding hydrogens is 368 g/mol. The molecule has 0 aromatic carbocycles. The van der Waals surface area contributed by atoms with Crippen LogP contribution in [0, 0.1) is 0 Å². The van der Waals surface area contributed by atoms with Crippen LogP contribution in [0.25, 0.3) is 46.4 Å². The van der Waals surface area contributed by atoms with Crippen LogP contribution in [0.4, 0.5) is 0 Å². The van der Waals surface area contributed by atoms with Crippen LogP contribution < -0.4 is 0 Å². The van der Waals surface area contributed by atoms with Crippen molar-refractivity contribution in [3.8, 4) is 0 Å². The third-order valence-electron chi connectivity index (χ3n) is 6.25. The molecule has 2 N–H and O–H groups in total. The van der Waals surface area contributed by atoms with Crippen molar-refractivity contribution in [1.82, 2.24) is 19.9 Å². The summed E-state index contributed by atoms with van der Waals surface area (Å²) in [5, 5.41) is 0. The molecule has 8 bridgehead atoms. The molecular formula is C26H24N4. The molecule has 1 saturated carbocycles. The lowest BCUT2D eigenvalue weighted by Gasteiger charge is -2.20. The fourth-order valence-corrected chi connectivity index (χ4v) is 4.79. The van der Waals surface area contributed by atoms with E-state index in [1.165, 1.54) is 43.2 Å². The fraction of sp³-hybridized carbons (Fsp3) is 0.231.